The van der Waals surface area contributed by atoms with E-state index < -0.39 is 5.41 Å². The number of carbonyl (C=O) groups excluding carboxylic acids is 1. The molecule has 4 nitrogen and oxygen atoms in total. The first kappa shape index (κ1) is 17.1. The van der Waals surface area contributed by atoms with Crippen molar-refractivity contribution >= 4 is 11.6 Å². The van der Waals surface area contributed by atoms with Crippen LogP contribution in [0.25, 0.3) is 0 Å². The predicted octanol–water partition coefficient (Wildman–Crippen LogP) is 3.38. The molecule has 4 heteroatoms. The van der Waals surface area contributed by atoms with Gasteiger partial charge in [0.15, 0.2) is 0 Å². The maximum atomic E-state index is 13.4. The minimum absolute atomic E-state index is 0.00430. The summed E-state index contributed by atoms with van der Waals surface area (Å²) in [7, 11) is 1.66. The SMILES string of the molecule is COc1ccc(CN2C(=O)C3(CNC3)c3c2cccc3C(C)(C)C)cc1. The number of rotatable bonds is 3. The smallest absolute Gasteiger partial charge is 0.240 e. The van der Waals surface area contributed by atoms with E-state index in [2.05, 4.69) is 44.3 Å². The van der Waals surface area contributed by atoms with Gasteiger partial charge in [-0.2, -0.15) is 0 Å². The monoisotopic (exact) mass is 350 g/mol. The fraction of sp³-hybridized carbons (Fsp3) is 0.409. The van der Waals surface area contributed by atoms with E-state index >= 15 is 0 Å². The average molecular weight is 350 g/mol. The van der Waals surface area contributed by atoms with Gasteiger partial charge in [0.05, 0.1) is 13.7 Å². The second-order valence-corrected chi connectivity index (χ2v) is 8.37. The zero-order valence-corrected chi connectivity index (χ0v) is 15.9. The molecule has 2 aromatic rings. The molecule has 2 aliphatic rings. The molecule has 0 atom stereocenters. The van der Waals surface area contributed by atoms with Gasteiger partial charge in [0.2, 0.25) is 5.91 Å². The molecule has 1 saturated heterocycles. The molecule has 1 amide bonds. The quantitative estimate of drug-likeness (QED) is 0.923. The van der Waals surface area contributed by atoms with Gasteiger partial charge in [-0.3, -0.25) is 4.79 Å². The van der Waals surface area contributed by atoms with Crippen molar-refractivity contribution < 1.29 is 9.53 Å². The third-order valence-corrected chi connectivity index (χ3v) is 5.63. The van der Waals surface area contributed by atoms with E-state index in [1.165, 1.54) is 11.1 Å². The van der Waals surface area contributed by atoms with Crippen molar-refractivity contribution in [3.8, 4) is 5.75 Å². The third-order valence-electron chi connectivity index (χ3n) is 5.63. The molecule has 0 unspecified atom stereocenters. The number of nitrogens with one attached hydrogen (secondary N) is 1. The molecule has 2 aliphatic heterocycles. The number of anilines is 1. The second-order valence-electron chi connectivity index (χ2n) is 8.37. The van der Waals surface area contributed by atoms with Gasteiger partial charge in [0.1, 0.15) is 11.2 Å². The van der Waals surface area contributed by atoms with Gasteiger partial charge in [-0.05, 0) is 40.3 Å². The Kier molecular flexibility index (Phi) is 3.85. The van der Waals surface area contributed by atoms with E-state index in [9.17, 15) is 4.79 Å². The van der Waals surface area contributed by atoms with Gasteiger partial charge in [0, 0.05) is 18.8 Å². The van der Waals surface area contributed by atoms with E-state index in [1.54, 1.807) is 7.11 Å². The highest BCUT2D eigenvalue weighted by Gasteiger charge is 2.56. The Morgan fingerprint density at radius 2 is 1.81 bits per heavy atom. The molecule has 26 heavy (non-hydrogen) atoms. The Bertz CT molecular complexity index is 845. The Morgan fingerprint density at radius 1 is 1.12 bits per heavy atom. The highest BCUT2D eigenvalue weighted by molar-refractivity contribution is 6.09. The Hall–Kier alpha value is -2.33. The van der Waals surface area contributed by atoms with Crippen LogP contribution in [-0.4, -0.2) is 26.1 Å². The van der Waals surface area contributed by atoms with Crippen molar-refractivity contribution in [2.75, 3.05) is 25.1 Å². The van der Waals surface area contributed by atoms with Crippen LogP contribution >= 0.6 is 0 Å². The number of hydrogen-bond acceptors (Lipinski definition) is 3. The van der Waals surface area contributed by atoms with E-state index in [4.69, 9.17) is 4.74 Å². The van der Waals surface area contributed by atoms with Gasteiger partial charge >= 0.3 is 0 Å². The lowest BCUT2D eigenvalue weighted by Gasteiger charge is -2.40. The second kappa shape index (κ2) is 5.85. The number of methoxy groups -OCH3 is 1. The van der Waals surface area contributed by atoms with Crippen LogP contribution in [0.5, 0.6) is 5.75 Å². The highest BCUT2D eigenvalue weighted by Crippen LogP contribution is 2.49. The zero-order valence-electron chi connectivity index (χ0n) is 15.9. The summed E-state index contributed by atoms with van der Waals surface area (Å²) in [4.78, 5) is 15.4. The third kappa shape index (κ3) is 2.43. The lowest BCUT2D eigenvalue weighted by atomic mass is 9.70. The van der Waals surface area contributed by atoms with Crippen LogP contribution in [0.15, 0.2) is 42.5 Å². The van der Waals surface area contributed by atoms with E-state index in [-0.39, 0.29) is 11.3 Å². The number of hydrogen-bond donors (Lipinski definition) is 1. The van der Waals surface area contributed by atoms with Gasteiger partial charge in [-0.15, -0.1) is 0 Å². The minimum Gasteiger partial charge on any atom is -0.497 e. The van der Waals surface area contributed by atoms with Crippen LogP contribution in [0.2, 0.25) is 0 Å². The molecule has 0 radical (unpaired) electrons. The van der Waals surface area contributed by atoms with E-state index in [1.807, 2.05) is 29.2 Å². The van der Waals surface area contributed by atoms with Crippen LogP contribution in [0, 0.1) is 0 Å². The number of benzene rings is 2. The molecule has 1 fully saturated rings. The lowest BCUT2D eigenvalue weighted by molar-refractivity contribution is -0.125. The van der Waals surface area contributed by atoms with Gasteiger partial charge in [0.25, 0.3) is 0 Å². The molecule has 1 N–H and O–H groups in total. The summed E-state index contributed by atoms with van der Waals surface area (Å²) < 4.78 is 5.24. The summed E-state index contributed by atoms with van der Waals surface area (Å²) in [5.74, 6) is 1.05. The molecule has 2 aromatic carbocycles. The van der Waals surface area contributed by atoms with Crippen molar-refractivity contribution in [3.05, 3.63) is 59.2 Å². The molecule has 0 aliphatic carbocycles. The summed E-state index contributed by atoms with van der Waals surface area (Å²) >= 11 is 0. The van der Waals surface area contributed by atoms with Crippen LogP contribution in [-0.2, 0) is 22.2 Å². The van der Waals surface area contributed by atoms with E-state index in [0.717, 1.165) is 30.1 Å². The summed E-state index contributed by atoms with van der Waals surface area (Å²) in [5, 5.41) is 3.33. The summed E-state index contributed by atoms with van der Waals surface area (Å²) in [6.07, 6.45) is 0. The van der Waals surface area contributed by atoms with Crippen LogP contribution < -0.4 is 15.0 Å². The average Bonchev–Trinajstić information content (AvgIpc) is 2.83. The van der Waals surface area contributed by atoms with Crippen molar-refractivity contribution in [1.29, 1.82) is 0 Å². The normalized spacial score (nSPS) is 18.0. The molecule has 0 saturated carbocycles. The Balaban J connectivity index is 1.78. The van der Waals surface area contributed by atoms with Gasteiger partial charge in [-0.1, -0.05) is 45.0 Å². The van der Waals surface area contributed by atoms with Crippen molar-refractivity contribution in [2.45, 2.75) is 38.1 Å². The summed E-state index contributed by atoms with van der Waals surface area (Å²) in [6, 6.07) is 14.3. The van der Waals surface area contributed by atoms with Crippen LogP contribution in [0.3, 0.4) is 0 Å². The molecular formula is C22H26N2O2. The standard InChI is InChI=1S/C22H26N2O2/c1-21(2,3)17-6-5-7-18-19(17)22(13-23-14-22)20(25)24(18)12-15-8-10-16(26-4)11-9-15/h5-11,23H,12-14H2,1-4H3. The predicted molar refractivity (Wildman–Crippen MR) is 104 cm³/mol. The fourth-order valence-corrected chi connectivity index (χ4v) is 4.14. The molecule has 2 heterocycles. The first-order chi connectivity index (χ1) is 12.4. The van der Waals surface area contributed by atoms with Crippen LogP contribution in [0.4, 0.5) is 5.69 Å². The Morgan fingerprint density at radius 3 is 2.35 bits per heavy atom. The first-order valence-corrected chi connectivity index (χ1v) is 9.16. The lowest BCUT2D eigenvalue weighted by Crippen LogP contribution is -2.62. The maximum absolute atomic E-state index is 13.4. The van der Waals surface area contributed by atoms with Crippen LogP contribution in [0.1, 0.15) is 37.5 Å². The van der Waals surface area contributed by atoms with Crippen molar-refractivity contribution in [2.24, 2.45) is 0 Å². The summed E-state index contributed by atoms with van der Waals surface area (Å²) in [6.45, 7) is 8.71. The largest absolute Gasteiger partial charge is 0.497 e. The van der Waals surface area contributed by atoms with Gasteiger partial charge in [-0.25, -0.2) is 0 Å². The first-order valence-electron chi connectivity index (χ1n) is 9.16. The Labute approximate surface area is 155 Å². The highest BCUT2D eigenvalue weighted by atomic mass is 16.5. The number of fused-ring (bicyclic) bond motifs is 2. The summed E-state index contributed by atoms with van der Waals surface area (Å²) in [5.41, 5.74) is 4.29. The number of nitrogens with zero attached hydrogens (tertiary/aromatic N) is 1. The maximum Gasteiger partial charge on any atom is 0.240 e. The molecular weight excluding hydrogens is 324 g/mol. The molecule has 0 aromatic heterocycles. The zero-order chi connectivity index (χ0) is 18.5. The fourth-order valence-electron chi connectivity index (χ4n) is 4.14. The molecule has 1 spiro atoms. The molecule has 0 bridgehead atoms. The number of carbonyl (C=O) groups is 1. The van der Waals surface area contributed by atoms with Gasteiger partial charge < -0.3 is 15.0 Å². The number of ether oxygens (including phenoxy) is 1. The molecule has 4 rings (SSSR count). The minimum atomic E-state index is -0.397. The number of amides is 1. The van der Waals surface area contributed by atoms with Crippen molar-refractivity contribution in [1.82, 2.24) is 5.32 Å². The van der Waals surface area contributed by atoms with E-state index in [0.29, 0.717) is 6.54 Å². The topological polar surface area (TPSA) is 41.6 Å². The molecule has 136 valence electrons. The van der Waals surface area contributed by atoms with Crippen molar-refractivity contribution in [3.63, 3.8) is 0 Å².